The van der Waals surface area contributed by atoms with Gasteiger partial charge in [-0.15, -0.1) is 0 Å². The van der Waals surface area contributed by atoms with Crippen LogP contribution in [0.1, 0.15) is 36.8 Å². The van der Waals surface area contributed by atoms with Crippen molar-refractivity contribution < 1.29 is 14.6 Å². The topological polar surface area (TPSA) is 41.9 Å². The number of methoxy groups -OCH3 is 1. The number of benzene rings is 1. The van der Waals surface area contributed by atoms with Crippen LogP contribution >= 0.6 is 0 Å². The molecule has 3 rings (SSSR count). The average molecular weight is 305 g/mol. The highest BCUT2D eigenvalue weighted by Gasteiger charge is 2.56. The maximum atomic E-state index is 10.9. The molecule has 2 aliphatic rings. The Bertz CT molecular complexity index is 558. The molecule has 4 heteroatoms. The Hall–Kier alpha value is -1.26. The number of fused-ring (bicyclic) bond motifs is 3. The van der Waals surface area contributed by atoms with E-state index in [0.717, 1.165) is 43.7 Å². The Balaban J connectivity index is 2.13. The van der Waals surface area contributed by atoms with Gasteiger partial charge in [0.05, 0.1) is 18.6 Å². The van der Waals surface area contributed by atoms with Crippen LogP contribution in [-0.4, -0.2) is 50.0 Å². The van der Waals surface area contributed by atoms with Crippen molar-refractivity contribution in [3.63, 3.8) is 0 Å². The smallest absolute Gasteiger partial charge is 0.165 e. The molecular weight excluding hydrogens is 278 g/mol. The summed E-state index contributed by atoms with van der Waals surface area (Å²) in [7, 11) is 5.84. The largest absolute Gasteiger partial charge is 0.493 e. The van der Waals surface area contributed by atoms with Gasteiger partial charge in [0.25, 0.3) is 0 Å². The lowest BCUT2D eigenvalue weighted by Crippen LogP contribution is -2.52. The minimum Gasteiger partial charge on any atom is -0.493 e. The zero-order chi connectivity index (χ0) is 15.9. The van der Waals surface area contributed by atoms with Crippen LogP contribution in [-0.2, 0) is 5.41 Å². The molecule has 0 saturated heterocycles. The second-order valence-electron chi connectivity index (χ2n) is 6.94. The molecule has 0 spiro atoms. The van der Waals surface area contributed by atoms with Crippen molar-refractivity contribution in [3.8, 4) is 11.5 Å². The lowest BCUT2D eigenvalue weighted by Gasteiger charge is -2.43. The summed E-state index contributed by atoms with van der Waals surface area (Å²) in [6.45, 7) is 3.05. The molecule has 1 N–H and O–H groups in total. The summed E-state index contributed by atoms with van der Waals surface area (Å²) in [4.78, 5) is 2.18. The molecule has 1 fully saturated rings. The molecular formula is C18H27NO3. The SMILES string of the molecule is COc1ccc(C)c2c1O[C@H]1CCC[C@@H](O)[C@@]21CCN(C)C. The Labute approximate surface area is 133 Å². The third kappa shape index (κ3) is 2.20. The van der Waals surface area contributed by atoms with Crippen molar-refractivity contribution in [1.29, 1.82) is 0 Å². The zero-order valence-electron chi connectivity index (χ0n) is 14.1. The fourth-order valence-corrected chi connectivity index (χ4v) is 4.24. The molecule has 1 saturated carbocycles. The molecule has 1 heterocycles. The minimum absolute atomic E-state index is 0.0567. The lowest BCUT2D eigenvalue weighted by atomic mass is 9.63. The fraction of sp³-hybridized carbons (Fsp3) is 0.667. The quantitative estimate of drug-likeness (QED) is 0.928. The van der Waals surface area contributed by atoms with Gasteiger partial charge in [0.15, 0.2) is 11.5 Å². The van der Waals surface area contributed by atoms with Crippen LogP contribution in [0.25, 0.3) is 0 Å². The van der Waals surface area contributed by atoms with Gasteiger partial charge in [0, 0.05) is 5.56 Å². The van der Waals surface area contributed by atoms with E-state index in [2.05, 4.69) is 32.0 Å². The number of hydrogen-bond donors (Lipinski definition) is 1. The summed E-state index contributed by atoms with van der Waals surface area (Å²) >= 11 is 0. The molecule has 122 valence electrons. The van der Waals surface area contributed by atoms with E-state index in [1.165, 1.54) is 11.1 Å². The maximum Gasteiger partial charge on any atom is 0.165 e. The molecule has 22 heavy (non-hydrogen) atoms. The molecule has 0 unspecified atom stereocenters. The van der Waals surface area contributed by atoms with Crippen LogP contribution in [0.15, 0.2) is 12.1 Å². The van der Waals surface area contributed by atoms with E-state index in [0.29, 0.717) is 0 Å². The van der Waals surface area contributed by atoms with E-state index >= 15 is 0 Å². The van der Waals surface area contributed by atoms with Gasteiger partial charge in [0.2, 0.25) is 0 Å². The molecule has 0 aromatic heterocycles. The second-order valence-corrected chi connectivity index (χ2v) is 6.94. The highest BCUT2D eigenvalue weighted by molar-refractivity contribution is 5.58. The van der Waals surface area contributed by atoms with Crippen LogP contribution in [0.2, 0.25) is 0 Å². The summed E-state index contributed by atoms with van der Waals surface area (Å²) < 4.78 is 11.8. The molecule has 1 aromatic carbocycles. The van der Waals surface area contributed by atoms with Crippen LogP contribution < -0.4 is 9.47 Å². The summed E-state index contributed by atoms with van der Waals surface area (Å²) in [5.74, 6) is 1.64. The van der Waals surface area contributed by atoms with E-state index in [1.807, 2.05) is 6.07 Å². The first-order valence-corrected chi connectivity index (χ1v) is 8.18. The minimum atomic E-state index is -0.349. The predicted molar refractivity (Wildman–Crippen MR) is 86.9 cm³/mol. The van der Waals surface area contributed by atoms with Gasteiger partial charge in [0.1, 0.15) is 6.10 Å². The molecule has 1 aromatic rings. The third-order valence-electron chi connectivity index (χ3n) is 5.36. The van der Waals surface area contributed by atoms with Gasteiger partial charge in [-0.2, -0.15) is 0 Å². The van der Waals surface area contributed by atoms with Gasteiger partial charge < -0.3 is 19.5 Å². The van der Waals surface area contributed by atoms with Crippen molar-refractivity contribution in [2.75, 3.05) is 27.7 Å². The normalized spacial score (nSPS) is 29.9. The van der Waals surface area contributed by atoms with E-state index in [-0.39, 0.29) is 17.6 Å². The van der Waals surface area contributed by atoms with Gasteiger partial charge in [-0.25, -0.2) is 0 Å². The van der Waals surface area contributed by atoms with Gasteiger partial charge in [-0.05, 0) is 64.9 Å². The molecule has 1 aliphatic heterocycles. The van der Waals surface area contributed by atoms with E-state index in [9.17, 15) is 5.11 Å². The molecule has 0 amide bonds. The summed E-state index contributed by atoms with van der Waals surface area (Å²) in [6, 6.07) is 4.06. The van der Waals surface area contributed by atoms with E-state index in [4.69, 9.17) is 9.47 Å². The van der Waals surface area contributed by atoms with E-state index in [1.54, 1.807) is 7.11 Å². The number of aryl methyl sites for hydroxylation is 1. The van der Waals surface area contributed by atoms with Crippen molar-refractivity contribution in [1.82, 2.24) is 4.90 Å². The average Bonchev–Trinajstić information content (AvgIpc) is 2.83. The first-order chi connectivity index (χ1) is 10.5. The van der Waals surface area contributed by atoms with Crippen molar-refractivity contribution in [2.45, 2.75) is 50.2 Å². The number of nitrogens with zero attached hydrogens (tertiary/aromatic N) is 1. The van der Waals surface area contributed by atoms with Crippen LogP contribution in [0.5, 0.6) is 11.5 Å². The predicted octanol–water partition coefficient (Wildman–Crippen LogP) is 2.50. The molecule has 4 nitrogen and oxygen atoms in total. The standard InChI is InChI=1S/C18H27NO3/c1-12-8-9-13(21-4)17-16(12)18(10-11-19(2)3)14(20)6-5-7-15(18)22-17/h8-9,14-15,20H,5-7,10-11H2,1-4H3/t14-,15+,18-/m1/s1. The van der Waals surface area contributed by atoms with Crippen LogP contribution in [0, 0.1) is 6.92 Å². The van der Waals surface area contributed by atoms with E-state index < -0.39 is 0 Å². The lowest BCUT2D eigenvalue weighted by molar-refractivity contribution is -0.0239. The molecule has 1 aliphatic carbocycles. The molecule has 0 radical (unpaired) electrons. The molecule has 0 bridgehead atoms. The molecule has 3 atom stereocenters. The third-order valence-corrected chi connectivity index (χ3v) is 5.36. The first-order valence-electron chi connectivity index (χ1n) is 8.18. The van der Waals surface area contributed by atoms with Crippen molar-refractivity contribution in [2.24, 2.45) is 0 Å². The number of aliphatic hydroxyl groups excluding tert-OH is 1. The first kappa shape index (κ1) is 15.6. The zero-order valence-corrected chi connectivity index (χ0v) is 14.1. The summed E-state index contributed by atoms with van der Waals surface area (Å²) in [6.07, 6.45) is 3.49. The number of rotatable bonds is 4. The Morgan fingerprint density at radius 3 is 2.82 bits per heavy atom. The van der Waals surface area contributed by atoms with Crippen molar-refractivity contribution >= 4 is 0 Å². The fourth-order valence-electron chi connectivity index (χ4n) is 4.24. The monoisotopic (exact) mass is 305 g/mol. The number of hydrogen-bond acceptors (Lipinski definition) is 4. The summed E-state index contributed by atoms with van der Waals surface area (Å²) in [5.41, 5.74) is 2.07. The highest BCUT2D eigenvalue weighted by Crippen LogP contribution is 2.56. The van der Waals surface area contributed by atoms with Crippen LogP contribution in [0.3, 0.4) is 0 Å². The maximum absolute atomic E-state index is 10.9. The highest BCUT2D eigenvalue weighted by atomic mass is 16.5. The van der Waals surface area contributed by atoms with Gasteiger partial charge in [-0.3, -0.25) is 0 Å². The number of aliphatic hydroxyl groups is 1. The second kappa shape index (κ2) is 5.74. The Morgan fingerprint density at radius 1 is 1.36 bits per heavy atom. The van der Waals surface area contributed by atoms with Crippen molar-refractivity contribution in [3.05, 3.63) is 23.3 Å². The van der Waals surface area contributed by atoms with Gasteiger partial charge in [-0.1, -0.05) is 6.07 Å². The summed E-state index contributed by atoms with van der Waals surface area (Å²) in [5, 5.41) is 10.9. The Kier molecular flexibility index (Phi) is 4.08. The van der Waals surface area contributed by atoms with Crippen LogP contribution in [0.4, 0.5) is 0 Å². The Morgan fingerprint density at radius 2 is 2.14 bits per heavy atom. The number of ether oxygens (including phenoxy) is 2. The van der Waals surface area contributed by atoms with Gasteiger partial charge >= 0.3 is 0 Å².